The first-order valence-corrected chi connectivity index (χ1v) is 10.7. The van der Waals surface area contributed by atoms with E-state index in [1.807, 2.05) is 66.1 Å². The molecule has 150 valence electrons. The Bertz CT molecular complexity index is 925. The van der Waals surface area contributed by atoms with Crippen molar-refractivity contribution in [2.75, 3.05) is 5.75 Å². The Morgan fingerprint density at radius 2 is 1.79 bits per heavy atom. The van der Waals surface area contributed by atoms with Crippen LogP contribution in [0.1, 0.15) is 29.9 Å². The zero-order valence-corrected chi connectivity index (χ0v) is 17.4. The lowest BCUT2D eigenvalue weighted by atomic mass is 10.1. The van der Waals surface area contributed by atoms with Gasteiger partial charge >= 0.3 is 0 Å². The number of hydrogen-bond acceptors (Lipinski definition) is 4. The number of nitrogens with one attached hydrogen (secondary N) is 1. The maximum Gasteiger partial charge on any atom is 0.230 e. The third-order valence-corrected chi connectivity index (χ3v) is 5.56. The van der Waals surface area contributed by atoms with Gasteiger partial charge in [0.15, 0.2) is 5.16 Å². The molecule has 3 aromatic rings. The lowest BCUT2D eigenvalue weighted by Gasteiger charge is -2.14. The maximum absolute atomic E-state index is 12.4. The summed E-state index contributed by atoms with van der Waals surface area (Å²) in [5.74, 6) is 1.19. The van der Waals surface area contributed by atoms with Crippen molar-refractivity contribution in [3.05, 3.63) is 90.3 Å². The molecule has 1 aromatic heterocycles. The lowest BCUT2D eigenvalue weighted by molar-refractivity contribution is -0.119. The minimum Gasteiger partial charge on any atom is -0.349 e. The SMILES string of the molecule is C=CCn1c(CCc2ccccc2)nnc1SCC(=O)NC(C)c1ccccc1. The predicted octanol–water partition coefficient (Wildman–Crippen LogP) is 4.22. The highest BCUT2D eigenvalue weighted by molar-refractivity contribution is 7.99. The van der Waals surface area contributed by atoms with Gasteiger partial charge in [-0.05, 0) is 24.5 Å². The van der Waals surface area contributed by atoms with E-state index in [2.05, 4.69) is 34.2 Å². The van der Waals surface area contributed by atoms with Crippen LogP contribution < -0.4 is 5.32 Å². The number of amides is 1. The van der Waals surface area contributed by atoms with Crippen LogP contribution in [0.5, 0.6) is 0 Å². The summed E-state index contributed by atoms with van der Waals surface area (Å²) in [6, 6.07) is 20.2. The number of carbonyl (C=O) groups is 1. The van der Waals surface area contributed by atoms with E-state index >= 15 is 0 Å². The van der Waals surface area contributed by atoms with Gasteiger partial charge in [0.2, 0.25) is 5.91 Å². The first kappa shape index (κ1) is 20.9. The molecular formula is C23H26N4OS. The quantitative estimate of drug-likeness (QED) is 0.405. The smallest absolute Gasteiger partial charge is 0.230 e. The van der Waals surface area contributed by atoms with Gasteiger partial charge in [0.05, 0.1) is 11.8 Å². The molecule has 6 heteroatoms. The van der Waals surface area contributed by atoms with Gasteiger partial charge in [-0.3, -0.25) is 4.79 Å². The summed E-state index contributed by atoms with van der Waals surface area (Å²) in [7, 11) is 0. The third-order valence-electron chi connectivity index (χ3n) is 4.59. The molecule has 1 heterocycles. The Morgan fingerprint density at radius 1 is 1.10 bits per heavy atom. The van der Waals surface area contributed by atoms with E-state index in [0.717, 1.165) is 29.4 Å². The molecule has 1 amide bonds. The molecule has 0 bridgehead atoms. The molecule has 0 aliphatic rings. The van der Waals surface area contributed by atoms with Gasteiger partial charge < -0.3 is 9.88 Å². The molecule has 2 aromatic carbocycles. The number of allylic oxidation sites excluding steroid dienone is 1. The zero-order valence-electron chi connectivity index (χ0n) is 16.6. The van der Waals surface area contributed by atoms with Crippen LogP contribution in [0.15, 0.2) is 78.5 Å². The summed E-state index contributed by atoms with van der Waals surface area (Å²) in [5, 5.41) is 12.4. The number of rotatable bonds is 10. The molecule has 0 aliphatic heterocycles. The van der Waals surface area contributed by atoms with E-state index in [1.165, 1.54) is 17.3 Å². The van der Waals surface area contributed by atoms with Crippen molar-refractivity contribution in [3.63, 3.8) is 0 Å². The standard InChI is InChI=1S/C23H26N4OS/c1-3-16-27-21(15-14-19-10-6-4-7-11-19)25-26-23(27)29-17-22(28)24-18(2)20-12-8-5-9-13-20/h3-13,18H,1,14-17H2,2H3,(H,24,28). The Kier molecular flexibility index (Phi) is 7.64. The fraction of sp³-hybridized carbons (Fsp3) is 0.261. The highest BCUT2D eigenvalue weighted by Crippen LogP contribution is 2.19. The molecule has 3 rings (SSSR count). The minimum atomic E-state index is -0.0308. The minimum absolute atomic E-state index is 0.0228. The zero-order chi connectivity index (χ0) is 20.5. The second-order valence-electron chi connectivity index (χ2n) is 6.77. The number of aryl methyl sites for hydroxylation is 2. The number of nitrogens with zero attached hydrogens (tertiary/aromatic N) is 3. The monoisotopic (exact) mass is 406 g/mol. The van der Waals surface area contributed by atoms with E-state index in [9.17, 15) is 4.79 Å². The maximum atomic E-state index is 12.4. The topological polar surface area (TPSA) is 59.8 Å². The number of hydrogen-bond donors (Lipinski definition) is 1. The van der Waals surface area contributed by atoms with E-state index in [-0.39, 0.29) is 11.9 Å². The summed E-state index contributed by atoms with van der Waals surface area (Å²) in [5.41, 5.74) is 2.35. The van der Waals surface area contributed by atoms with Crippen molar-refractivity contribution in [3.8, 4) is 0 Å². The summed E-state index contributed by atoms with van der Waals surface area (Å²) in [4.78, 5) is 12.4. The summed E-state index contributed by atoms with van der Waals surface area (Å²) in [6.45, 7) is 6.45. The molecule has 1 atom stereocenters. The molecular weight excluding hydrogens is 380 g/mol. The molecule has 1 N–H and O–H groups in total. The summed E-state index contributed by atoms with van der Waals surface area (Å²) in [6.07, 6.45) is 3.52. The first-order chi connectivity index (χ1) is 14.2. The van der Waals surface area contributed by atoms with Gasteiger partial charge in [0.1, 0.15) is 5.82 Å². The van der Waals surface area contributed by atoms with E-state index in [1.54, 1.807) is 0 Å². The Labute approximate surface area is 176 Å². The van der Waals surface area contributed by atoms with Crippen molar-refractivity contribution in [1.29, 1.82) is 0 Å². The molecule has 0 spiro atoms. The van der Waals surface area contributed by atoms with Crippen molar-refractivity contribution in [1.82, 2.24) is 20.1 Å². The second-order valence-corrected chi connectivity index (χ2v) is 7.71. The number of benzene rings is 2. The van der Waals surface area contributed by atoms with Crippen LogP contribution in [0, 0.1) is 0 Å². The molecule has 0 fully saturated rings. The number of aromatic nitrogens is 3. The van der Waals surface area contributed by atoms with Crippen molar-refractivity contribution < 1.29 is 4.79 Å². The molecule has 0 aliphatic carbocycles. The Hall–Kier alpha value is -2.86. The lowest BCUT2D eigenvalue weighted by Crippen LogP contribution is -2.28. The van der Waals surface area contributed by atoms with Crippen molar-refractivity contribution in [2.24, 2.45) is 0 Å². The van der Waals surface area contributed by atoms with Crippen LogP contribution in [-0.2, 0) is 24.2 Å². The summed E-state index contributed by atoms with van der Waals surface area (Å²) < 4.78 is 2.04. The van der Waals surface area contributed by atoms with Crippen LogP contribution in [0.4, 0.5) is 0 Å². The average molecular weight is 407 g/mol. The van der Waals surface area contributed by atoms with Crippen molar-refractivity contribution >= 4 is 17.7 Å². The first-order valence-electron chi connectivity index (χ1n) is 9.71. The van der Waals surface area contributed by atoms with Gasteiger partial charge in [-0.25, -0.2) is 0 Å². The Morgan fingerprint density at radius 3 is 2.48 bits per heavy atom. The summed E-state index contributed by atoms with van der Waals surface area (Å²) >= 11 is 1.40. The fourth-order valence-corrected chi connectivity index (χ4v) is 3.84. The van der Waals surface area contributed by atoms with Gasteiger partial charge in [-0.2, -0.15) is 0 Å². The van der Waals surface area contributed by atoms with Crippen LogP contribution in [0.2, 0.25) is 0 Å². The van der Waals surface area contributed by atoms with Crippen LogP contribution in [0.3, 0.4) is 0 Å². The highest BCUT2D eigenvalue weighted by Gasteiger charge is 2.15. The predicted molar refractivity (Wildman–Crippen MR) is 118 cm³/mol. The fourth-order valence-electron chi connectivity index (χ4n) is 3.06. The largest absolute Gasteiger partial charge is 0.349 e. The van der Waals surface area contributed by atoms with Crippen LogP contribution in [0.25, 0.3) is 0 Å². The normalized spacial score (nSPS) is 11.8. The highest BCUT2D eigenvalue weighted by atomic mass is 32.2. The number of thioether (sulfide) groups is 1. The second kappa shape index (κ2) is 10.6. The van der Waals surface area contributed by atoms with E-state index in [0.29, 0.717) is 12.3 Å². The van der Waals surface area contributed by atoms with Gasteiger partial charge in [-0.15, -0.1) is 16.8 Å². The van der Waals surface area contributed by atoms with Gasteiger partial charge in [-0.1, -0.05) is 78.5 Å². The molecule has 5 nitrogen and oxygen atoms in total. The van der Waals surface area contributed by atoms with Crippen LogP contribution >= 0.6 is 11.8 Å². The molecule has 1 unspecified atom stereocenters. The molecule has 0 saturated carbocycles. The van der Waals surface area contributed by atoms with E-state index in [4.69, 9.17) is 0 Å². The van der Waals surface area contributed by atoms with Crippen molar-refractivity contribution in [2.45, 2.75) is 37.5 Å². The molecule has 29 heavy (non-hydrogen) atoms. The molecule has 0 saturated heterocycles. The average Bonchev–Trinajstić information content (AvgIpc) is 3.14. The third kappa shape index (κ3) is 6.06. The molecule has 0 radical (unpaired) electrons. The van der Waals surface area contributed by atoms with E-state index < -0.39 is 0 Å². The number of carbonyl (C=O) groups excluding carboxylic acids is 1. The van der Waals surface area contributed by atoms with Gasteiger partial charge in [0.25, 0.3) is 0 Å². The van der Waals surface area contributed by atoms with Crippen LogP contribution in [-0.4, -0.2) is 26.4 Å². The van der Waals surface area contributed by atoms with Gasteiger partial charge in [0, 0.05) is 13.0 Å². The Balaban J connectivity index is 1.57.